The predicted molar refractivity (Wildman–Crippen MR) is 109 cm³/mol. The van der Waals surface area contributed by atoms with Gasteiger partial charge in [0.2, 0.25) is 0 Å². The number of carbonyl (C=O) groups excluding carboxylic acids is 1. The molecule has 1 aromatic heterocycles. The zero-order valence-corrected chi connectivity index (χ0v) is 17.3. The van der Waals surface area contributed by atoms with Crippen molar-refractivity contribution >= 4 is 42.1 Å². The van der Waals surface area contributed by atoms with Crippen LogP contribution in [0.1, 0.15) is 38.8 Å². The number of piperidine rings is 1. The smallest absolute Gasteiger partial charge is 0.265 e. The van der Waals surface area contributed by atoms with Crippen LogP contribution in [0.4, 0.5) is 4.39 Å². The van der Waals surface area contributed by atoms with Crippen molar-refractivity contribution in [3.63, 3.8) is 0 Å². The second-order valence-corrected chi connectivity index (χ2v) is 7.29. The summed E-state index contributed by atoms with van der Waals surface area (Å²) in [4.78, 5) is 20.0. The number of hydrogen-bond acceptors (Lipinski definition) is 4. The predicted octanol–water partition coefficient (Wildman–Crippen LogP) is 3.85. The first-order valence-corrected chi connectivity index (χ1v) is 9.05. The van der Waals surface area contributed by atoms with Gasteiger partial charge in [-0.1, -0.05) is 12.1 Å². The number of nitrogens with zero attached hydrogens (tertiary/aromatic N) is 2. The minimum atomic E-state index is -0.242. The Hall–Kier alpha value is -1.21. The molecule has 1 unspecified atom stereocenters. The van der Waals surface area contributed by atoms with Crippen LogP contribution in [0.15, 0.2) is 24.3 Å². The first kappa shape index (κ1) is 22.8. The SMILES string of the molecule is CNC1CCCN(C(=O)c2sc(Cc3ccc(F)cc3)nc2C)C1.Cl.Cl. The average molecular weight is 420 g/mol. The summed E-state index contributed by atoms with van der Waals surface area (Å²) in [7, 11) is 1.94. The number of carbonyl (C=O) groups is 1. The second-order valence-electron chi connectivity index (χ2n) is 6.20. The number of benzene rings is 1. The van der Waals surface area contributed by atoms with Gasteiger partial charge in [-0.3, -0.25) is 4.79 Å². The van der Waals surface area contributed by atoms with Crippen LogP contribution in [0.5, 0.6) is 0 Å². The van der Waals surface area contributed by atoms with Crippen LogP contribution < -0.4 is 5.32 Å². The van der Waals surface area contributed by atoms with Crippen molar-refractivity contribution in [2.75, 3.05) is 20.1 Å². The van der Waals surface area contributed by atoms with E-state index < -0.39 is 0 Å². The molecule has 0 spiro atoms. The Labute approximate surface area is 170 Å². The molecule has 1 aliphatic rings. The van der Waals surface area contributed by atoms with E-state index in [9.17, 15) is 9.18 Å². The first-order chi connectivity index (χ1) is 11.6. The van der Waals surface area contributed by atoms with Crippen LogP contribution in [-0.4, -0.2) is 42.0 Å². The van der Waals surface area contributed by atoms with Gasteiger partial charge in [0.15, 0.2) is 0 Å². The molecule has 1 N–H and O–H groups in total. The number of halogens is 3. The van der Waals surface area contributed by atoms with Gasteiger partial charge in [-0.15, -0.1) is 36.2 Å². The summed E-state index contributed by atoms with van der Waals surface area (Å²) >= 11 is 1.45. The fourth-order valence-corrected chi connectivity index (χ4v) is 4.11. The molecule has 144 valence electrons. The van der Waals surface area contributed by atoms with Crippen LogP contribution in [0, 0.1) is 12.7 Å². The molecule has 2 heterocycles. The molecule has 1 fully saturated rings. The Bertz CT molecular complexity index is 724. The normalized spacial score (nSPS) is 16.6. The van der Waals surface area contributed by atoms with Gasteiger partial charge in [-0.2, -0.15) is 0 Å². The van der Waals surface area contributed by atoms with Crippen molar-refractivity contribution in [2.45, 2.75) is 32.2 Å². The van der Waals surface area contributed by atoms with Gasteiger partial charge < -0.3 is 10.2 Å². The number of rotatable bonds is 4. The van der Waals surface area contributed by atoms with Gasteiger partial charge in [-0.25, -0.2) is 9.37 Å². The summed E-state index contributed by atoms with van der Waals surface area (Å²) in [6.07, 6.45) is 2.76. The molecule has 26 heavy (non-hydrogen) atoms. The Morgan fingerprint density at radius 1 is 1.35 bits per heavy atom. The van der Waals surface area contributed by atoms with Gasteiger partial charge in [0.25, 0.3) is 5.91 Å². The summed E-state index contributed by atoms with van der Waals surface area (Å²) in [6.45, 7) is 3.44. The van der Waals surface area contributed by atoms with E-state index in [1.165, 1.54) is 23.5 Å². The minimum Gasteiger partial charge on any atom is -0.336 e. The maximum atomic E-state index is 13.0. The van der Waals surface area contributed by atoms with E-state index in [0.29, 0.717) is 12.5 Å². The molecule has 0 saturated carbocycles. The molecule has 1 atom stereocenters. The molecule has 1 saturated heterocycles. The number of likely N-dealkylation sites (tertiary alicyclic amines) is 1. The standard InChI is InChI=1S/C18H22FN3OS.2ClH/c1-12-17(18(23)22-9-3-4-15(11-22)20-2)24-16(21-12)10-13-5-7-14(19)8-6-13;;/h5-8,15,20H,3-4,9-11H2,1-2H3;2*1H. The van der Waals surface area contributed by atoms with E-state index in [4.69, 9.17) is 0 Å². The highest BCUT2D eigenvalue weighted by Crippen LogP contribution is 2.24. The molecule has 1 amide bonds. The Morgan fingerprint density at radius 2 is 2.04 bits per heavy atom. The summed E-state index contributed by atoms with van der Waals surface area (Å²) < 4.78 is 13.0. The van der Waals surface area contributed by atoms with Gasteiger partial charge in [0.1, 0.15) is 10.7 Å². The lowest BCUT2D eigenvalue weighted by atomic mass is 10.1. The molecule has 0 bridgehead atoms. The summed E-state index contributed by atoms with van der Waals surface area (Å²) in [5, 5.41) is 4.15. The molecule has 1 aliphatic heterocycles. The third kappa shape index (κ3) is 5.39. The maximum absolute atomic E-state index is 13.0. The number of nitrogens with one attached hydrogen (secondary N) is 1. The largest absolute Gasteiger partial charge is 0.336 e. The van der Waals surface area contributed by atoms with E-state index in [0.717, 1.165) is 47.1 Å². The quantitative estimate of drug-likeness (QED) is 0.818. The van der Waals surface area contributed by atoms with Crippen molar-refractivity contribution < 1.29 is 9.18 Å². The highest BCUT2D eigenvalue weighted by molar-refractivity contribution is 7.13. The van der Waals surface area contributed by atoms with E-state index in [-0.39, 0.29) is 36.5 Å². The molecular weight excluding hydrogens is 396 g/mol. The second kappa shape index (κ2) is 10.2. The van der Waals surface area contributed by atoms with Crippen molar-refractivity contribution in [1.29, 1.82) is 0 Å². The Balaban J connectivity index is 0.00000169. The molecule has 4 nitrogen and oxygen atoms in total. The summed E-state index contributed by atoms with van der Waals surface area (Å²) in [5.41, 5.74) is 1.78. The van der Waals surface area contributed by atoms with Gasteiger partial charge in [0.05, 0.1) is 10.7 Å². The fourth-order valence-electron chi connectivity index (χ4n) is 3.04. The third-order valence-corrected chi connectivity index (χ3v) is 5.57. The number of aromatic nitrogens is 1. The van der Waals surface area contributed by atoms with E-state index in [1.807, 2.05) is 18.9 Å². The van der Waals surface area contributed by atoms with Gasteiger partial charge in [-0.05, 0) is 44.5 Å². The first-order valence-electron chi connectivity index (χ1n) is 8.24. The maximum Gasteiger partial charge on any atom is 0.265 e. The topological polar surface area (TPSA) is 45.2 Å². The number of hydrogen-bond donors (Lipinski definition) is 1. The van der Waals surface area contributed by atoms with Crippen LogP contribution in [-0.2, 0) is 6.42 Å². The molecule has 0 aliphatic carbocycles. The highest BCUT2D eigenvalue weighted by Gasteiger charge is 2.26. The molecule has 3 rings (SSSR count). The minimum absolute atomic E-state index is 0. The van der Waals surface area contributed by atoms with Gasteiger partial charge >= 0.3 is 0 Å². The Morgan fingerprint density at radius 3 is 2.69 bits per heavy atom. The molecule has 0 radical (unpaired) electrons. The number of likely N-dealkylation sites (N-methyl/N-ethyl adjacent to an activating group) is 1. The van der Waals surface area contributed by atoms with E-state index in [2.05, 4.69) is 10.3 Å². The van der Waals surface area contributed by atoms with Gasteiger partial charge in [0, 0.05) is 25.6 Å². The monoisotopic (exact) mass is 419 g/mol. The summed E-state index contributed by atoms with van der Waals surface area (Å²) in [5.74, 6) is -0.163. The highest BCUT2D eigenvalue weighted by atomic mass is 35.5. The number of amides is 1. The zero-order valence-electron chi connectivity index (χ0n) is 14.8. The molecular formula is C18H24Cl2FN3OS. The number of aryl methyl sites for hydroxylation is 1. The zero-order chi connectivity index (χ0) is 17.1. The van der Waals surface area contributed by atoms with Crippen molar-refractivity contribution in [3.8, 4) is 0 Å². The lowest BCUT2D eigenvalue weighted by Crippen LogP contribution is -2.46. The van der Waals surface area contributed by atoms with E-state index in [1.54, 1.807) is 12.1 Å². The molecule has 8 heteroatoms. The third-order valence-electron chi connectivity index (χ3n) is 4.42. The van der Waals surface area contributed by atoms with Crippen molar-refractivity contribution in [2.24, 2.45) is 0 Å². The molecule has 2 aromatic rings. The van der Waals surface area contributed by atoms with Crippen LogP contribution in [0.3, 0.4) is 0 Å². The average Bonchev–Trinajstić information content (AvgIpc) is 2.96. The van der Waals surface area contributed by atoms with E-state index >= 15 is 0 Å². The summed E-state index contributed by atoms with van der Waals surface area (Å²) in [6, 6.07) is 6.79. The van der Waals surface area contributed by atoms with Crippen LogP contribution >= 0.6 is 36.2 Å². The van der Waals surface area contributed by atoms with Crippen molar-refractivity contribution in [3.05, 3.63) is 51.2 Å². The van der Waals surface area contributed by atoms with Crippen molar-refractivity contribution in [1.82, 2.24) is 15.2 Å². The lowest BCUT2D eigenvalue weighted by molar-refractivity contribution is 0.0702. The fraction of sp³-hybridized carbons (Fsp3) is 0.444. The Kier molecular flexibility index (Phi) is 8.96. The number of thiazole rings is 1. The molecule has 1 aromatic carbocycles. The van der Waals surface area contributed by atoms with Crippen LogP contribution in [0.2, 0.25) is 0 Å². The lowest BCUT2D eigenvalue weighted by Gasteiger charge is -2.32. The van der Waals surface area contributed by atoms with Crippen LogP contribution in [0.25, 0.3) is 0 Å².